The van der Waals surface area contributed by atoms with Gasteiger partial charge in [0, 0.05) is 12.0 Å². The lowest BCUT2D eigenvalue weighted by Crippen LogP contribution is -2.65. The number of hydrogen-bond donors (Lipinski definition) is 2. The van der Waals surface area contributed by atoms with Crippen LogP contribution < -0.4 is 0 Å². The highest BCUT2D eigenvalue weighted by atomic mass is 16.3. The van der Waals surface area contributed by atoms with Gasteiger partial charge < -0.3 is 10.2 Å². The predicted molar refractivity (Wildman–Crippen MR) is 132 cm³/mol. The molecule has 2 nitrogen and oxygen atoms in total. The quantitative estimate of drug-likeness (QED) is 0.429. The van der Waals surface area contributed by atoms with Crippen molar-refractivity contribution in [1.82, 2.24) is 0 Å². The van der Waals surface area contributed by atoms with Gasteiger partial charge in [0.1, 0.15) is 0 Å². The van der Waals surface area contributed by atoms with Crippen molar-refractivity contribution in [2.24, 2.45) is 56.7 Å². The molecule has 0 aromatic rings. The van der Waals surface area contributed by atoms with Gasteiger partial charge in [-0.15, -0.1) is 0 Å². The zero-order valence-electron chi connectivity index (χ0n) is 22.0. The number of aliphatic hydroxyl groups excluding tert-OH is 2. The van der Waals surface area contributed by atoms with E-state index in [-0.39, 0.29) is 22.3 Å². The molecule has 2 unspecified atom stereocenters. The minimum atomic E-state index is -0.153. The van der Waals surface area contributed by atoms with E-state index < -0.39 is 0 Å². The lowest BCUT2D eigenvalue weighted by atomic mass is 9.33. The van der Waals surface area contributed by atoms with Gasteiger partial charge in [-0.05, 0) is 109 Å². The molecule has 0 saturated heterocycles. The Bertz CT molecular complexity index is 799. The van der Waals surface area contributed by atoms with Gasteiger partial charge >= 0.3 is 0 Å². The summed E-state index contributed by atoms with van der Waals surface area (Å²) in [6, 6.07) is 0. The Morgan fingerprint density at radius 3 is 2.28 bits per heavy atom. The number of hydrogen-bond acceptors (Lipinski definition) is 2. The zero-order chi connectivity index (χ0) is 23.3. The number of fused-ring (bicyclic) bond motifs is 7. The molecule has 4 saturated carbocycles. The second-order valence-corrected chi connectivity index (χ2v) is 14.5. The molecule has 0 radical (unpaired) electrons. The fourth-order valence-corrected chi connectivity index (χ4v) is 10.9. The van der Waals surface area contributed by atoms with Gasteiger partial charge in [0.15, 0.2) is 0 Å². The summed E-state index contributed by atoms with van der Waals surface area (Å²) in [6.45, 7) is 17.9. The van der Waals surface area contributed by atoms with E-state index in [9.17, 15) is 10.2 Å². The fraction of sp³-hybridized carbons (Fsp3) is 0.933. The monoisotopic (exact) mass is 442 g/mol. The third-order valence-electron chi connectivity index (χ3n) is 13.5. The molecule has 0 heterocycles. The van der Waals surface area contributed by atoms with Crippen molar-refractivity contribution in [3.63, 3.8) is 0 Å². The van der Waals surface area contributed by atoms with Crippen molar-refractivity contribution in [1.29, 1.82) is 0 Å². The first-order valence-corrected chi connectivity index (χ1v) is 13.9. The molecule has 2 N–H and O–H groups in total. The van der Waals surface area contributed by atoms with E-state index in [2.05, 4.69) is 54.5 Å². The van der Waals surface area contributed by atoms with Crippen LogP contribution in [0.15, 0.2) is 11.6 Å². The summed E-state index contributed by atoms with van der Waals surface area (Å²) in [6.07, 6.45) is 13.4. The maximum absolute atomic E-state index is 10.9. The average Bonchev–Trinajstić information content (AvgIpc) is 2.74. The van der Waals surface area contributed by atoms with Crippen LogP contribution in [0.1, 0.15) is 106 Å². The molecule has 5 rings (SSSR count). The Hall–Kier alpha value is -0.340. The molecule has 0 aromatic carbocycles. The van der Waals surface area contributed by atoms with E-state index in [0.29, 0.717) is 41.1 Å². The Kier molecular flexibility index (Phi) is 5.19. The predicted octanol–water partition coefficient (Wildman–Crippen LogP) is 7.00. The number of aliphatic hydroxyl groups is 2. The molecule has 0 aromatic heterocycles. The highest BCUT2D eigenvalue weighted by Gasteiger charge is 2.68. The third kappa shape index (κ3) is 2.66. The molecule has 0 spiro atoms. The van der Waals surface area contributed by atoms with Crippen LogP contribution in [0.3, 0.4) is 0 Å². The summed E-state index contributed by atoms with van der Waals surface area (Å²) in [5.74, 6) is 3.29. The molecular formula is C30H50O2. The van der Waals surface area contributed by atoms with Crippen molar-refractivity contribution in [3.05, 3.63) is 11.6 Å². The van der Waals surface area contributed by atoms with E-state index in [1.165, 1.54) is 51.4 Å². The van der Waals surface area contributed by atoms with Gasteiger partial charge in [0.05, 0.1) is 6.10 Å². The smallest absolute Gasteiger partial charge is 0.0594 e. The molecule has 4 fully saturated rings. The minimum Gasteiger partial charge on any atom is -0.396 e. The molecule has 0 bridgehead atoms. The van der Waals surface area contributed by atoms with E-state index >= 15 is 0 Å². The first-order valence-electron chi connectivity index (χ1n) is 13.9. The van der Waals surface area contributed by atoms with Crippen LogP contribution >= 0.6 is 0 Å². The maximum atomic E-state index is 10.9. The fourth-order valence-electron chi connectivity index (χ4n) is 10.9. The van der Waals surface area contributed by atoms with Crippen molar-refractivity contribution >= 4 is 0 Å². The summed E-state index contributed by atoms with van der Waals surface area (Å²) in [5.41, 5.74) is 2.77. The maximum Gasteiger partial charge on any atom is 0.0594 e. The van der Waals surface area contributed by atoms with Crippen LogP contribution in [-0.2, 0) is 0 Å². The second kappa shape index (κ2) is 7.09. The SMILES string of the molecule is C[C@H]1[C@H](C)CC[C@]2(CO)CC[C@]3(C)C(=CCC4[C@@]5(C)CC[C@H](O)C(C)(C)C5CC[C@]43C)[C@H]12. The zero-order valence-corrected chi connectivity index (χ0v) is 22.0. The summed E-state index contributed by atoms with van der Waals surface area (Å²) < 4.78 is 0. The molecule has 10 atom stereocenters. The summed E-state index contributed by atoms with van der Waals surface area (Å²) in [5, 5.41) is 21.6. The van der Waals surface area contributed by atoms with Gasteiger partial charge in [0.2, 0.25) is 0 Å². The summed E-state index contributed by atoms with van der Waals surface area (Å²) >= 11 is 0. The van der Waals surface area contributed by atoms with Gasteiger partial charge in [-0.25, -0.2) is 0 Å². The normalized spacial score (nSPS) is 56.8. The standard InChI is InChI=1S/C30H50O2/c1-19-10-15-30(18-31)17-16-28(6)21(25(30)20(19)2)8-9-23-27(5)13-12-24(32)26(3,4)22(27)11-14-29(23,28)7/h8,19-20,22-25,31-32H,9-18H2,1-7H3/t19-,20+,22?,23?,24+,25+,27+,28-,29-,30-/m1/s1. The third-order valence-corrected chi connectivity index (χ3v) is 13.5. The Morgan fingerprint density at radius 2 is 1.59 bits per heavy atom. The van der Waals surface area contributed by atoms with Crippen LogP contribution in [0.5, 0.6) is 0 Å². The molecule has 0 amide bonds. The topological polar surface area (TPSA) is 40.5 Å². The molecule has 5 aliphatic rings. The van der Waals surface area contributed by atoms with Gasteiger partial charge in [-0.3, -0.25) is 0 Å². The Balaban J connectivity index is 1.59. The van der Waals surface area contributed by atoms with Gasteiger partial charge in [-0.2, -0.15) is 0 Å². The second-order valence-electron chi connectivity index (χ2n) is 14.5. The average molecular weight is 443 g/mol. The number of allylic oxidation sites excluding steroid dienone is 2. The molecule has 32 heavy (non-hydrogen) atoms. The Morgan fingerprint density at radius 1 is 0.875 bits per heavy atom. The Labute approximate surface area is 197 Å². The van der Waals surface area contributed by atoms with Gasteiger partial charge in [-0.1, -0.05) is 60.1 Å². The largest absolute Gasteiger partial charge is 0.396 e. The lowest BCUT2D eigenvalue weighted by Gasteiger charge is -2.71. The highest BCUT2D eigenvalue weighted by molar-refractivity contribution is 5.34. The molecule has 182 valence electrons. The van der Waals surface area contributed by atoms with E-state index in [1.807, 2.05) is 0 Å². The van der Waals surface area contributed by atoms with Crippen LogP contribution in [0.2, 0.25) is 0 Å². The summed E-state index contributed by atoms with van der Waals surface area (Å²) in [7, 11) is 0. The molecular weight excluding hydrogens is 392 g/mol. The van der Waals surface area contributed by atoms with Gasteiger partial charge in [0.25, 0.3) is 0 Å². The molecule has 5 aliphatic carbocycles. The van der Waals surface area contributed by atoms with Crippen molar-refractivity contribution in [3.8, 4) is 0 Å². The lowest BCUT2D eigenvalue weighted by molar-refractivity contribution is -0.205. The van der Waals surface area contributed by atoms with E-state index in [4.69, 9.17) is 0 Å². The first-order chi connectivity index (χ1) is 14.9. The molecule has 2 heteroatoms. The van der Waals surface area contributed by atoms with Crippen LogP contribution in [0, 0.1) is 56.7 Å². The van der Waals surface area contributed by atoms with Crippen LogP contribution in [0.4, 0.5) is 0 Å². The highest BCUT2D eigenvalue weighted by Crippen LogP contribution is 2.75. The van der Waals surface area contributed by atoms with E-state index in [1.54, 1.807) is 5.57 Å². The van der Waals surface area contributed by atoms with Crippen LogP contribution in [0.25, 0.3) is 0 Å². The van der Waals surface area contributed by atoms with Crippen molar-refractivity contribution in [2.75, 3.05) is 6.61 Å². The van der Waals surface area contributed by atoms with E-state index in [0.717, 1.165) is 12.3 Å². The summed E-state index contributed by atoms with van der Waals surface area (Å²) in [4.78, 5) is 0. The molecule has 0 aliphatic heterocycles. The number of rotatable bonds is 1. The van der Waals surface area contributed by atoms with Crippen LogP contribution in [-0.4, -0.2) is 22.9 Å². The van der Waals surface area contributed by atoms with Crippen molar-refractivity contribution in [2.45, 2.75) is 112 Å². The van der Waals surface area contributed by atoms with Crippen molar-refractivity contribution < 1.29 is 10.2 Å². The first kappa shape index (κ1) is 23.4. The minimum absolute atomic E-state index is 0.0190.